The molecule has 14 nitrogen and oxygen atoms in total. The molecule has 1 unspecified atom stereocenters. The molecule has 2 amide bonds. The number of nitrogens with zero attached hydrogens (tertiary/aromatic N) is 4. The van der Waals surface area contributed by atoms with Gasteiger partial charge in [0.05, 0.1) is 6.61 Å². The summed E-state index contributed by atoms with van der Waals surface area (Å²) >= 11 is 2.36. The number of oxime groups is 1. The van der Waals surface area contributed by atoms with Crippen LogP contribution in [0.15, 0.2) is 52.4 Å². The molecule has 1 fully saturated rings. The second-order valence-corrected chi connectivity index (χ2v) is 11.7. The molecule has 4 N–H and O–H groups in total. The molecule has 4 heterocycles. The highest BCUT2D eigenvalue weighted by Crippen LogP contribution is 2.41. The van der Waals surface area contributed by atoms with Crippen molar-refractivity contribution in [1.82, 2.24) is 20.2 Å². The molecule has 234 valence electrons. The summed E-state index contributed by atoms with van der Waals surface area (Å²) < 4.78 is 15.7. The highest BCUT2D eigenvalue weighted by molar-refractivity contribution is 8.00. The van der Waals surface area contributed by atoms with Crippen LogP contribution >= 0.6 is 23.1 Å². The summed E-state index contributed by atoms with van der Waals surface area (Å²) in [6.07, 6.45) is 6.03. The van der Waals surface area contributed by atoms with E-state index >= 15 is 0 Å². The fourth-order valence-corrected chi connectivity index (χ4v) is 6.23. The van der Waals surface area contributed by atoms with Crippen LogP contribution in [0.25, 0.3) is 6.08 Å². The smallest absolute Gasteiger partial charge is 0.434 e. The van der Waals surface area contributed by atoms with Crippen LogP contribution < -0.4 is 11.1 Å². The Labute approximate surface area is 261 Å². The molecule has 3 atom stereocenters. The van der Waals surface area contributed by atoms with Gasteiger partial charge in [-0.05, 0) is 23.1 Å². The van der Waals surface area contributed by atoms with E-state index in [-0.39, 0.29) is 34.8 Å². The number of anilines is 1. The van der Waals surface area contributed by atoms with Crippen LogP contribution in [0.5, 0.6) is 0 Å². The number of carbonyl (C=O) groups is 4. The minimum atomic E-state index is -1.32. The predicted molar refractivity (Wildman–Crippen MR) is 162 cm³/mol. The second kappa shape index (κ2) is 14.8. The number of fused-ring (bicyclic) bond motifs is 1. The van der Waals surface area contributed by atoms with E-state index in [1.807, 2.05) is 19.9 Å². The van der Waals surface area contributed by atoms with Crippen molar-refractivity contribution in [3.05, 3.63) is 58.5 Å². The van der Waals surface area contributed by atoms with Gasteiger partial charge < -0.3 is 30.5 Å². The van der Waals surface area contributed by atoms with Crippen LogP contribution in [-0.4, -0.2) is 79.8 Å². The summed E-state index contributed by atoms with van der Waals surface area (Å²) in [5.41, 5.74) is 6.42. The summed E-state index contributed by atoms with van der Waals surface area (Å²) in [7, 11) is 0. The Balaban J connectivity index is 1.50. The maximum Gasteiger partial charge on any atom is 0.511 e. The highest BCUT2D eigenvalue weighted by Gasteiger charge is 2.54. The minimum absolute atomic E-state index is 0.0480. The van der Waals surface area contributed by atoms with E-state index in [9.17, 15) is 24.4 Å². The van der Waals surface area contributed by atoms with Gasteiger partial charge in [0.25, 0.3) is 11.8 Å². The number of carbonyl (C=O) groups excluding carboxylic acids is 4. The Morgan fingerprint density at radius 1 is 1.27 bits per heavy atom. The van der Waals surface area contributed by atoms with Gasteiger partial charge in [-0.1, -0.05) is 50.1 Å². The number of pyridine rings is 1. The zero-order valence-corrected chi connectivity index (χ0v) is 25.8. The van der Waals surface area contributed by atoms with Crippen LogP contribution in [0.2, 0.25) is 0 Å². The Morgan fingerprint density at radius 3 is 2.68 bits per heavy atom. The third-order valence-corrected chi connectivity index (χ3v) is 8.82. The van der Waals surface area contributed by atoms with Crippen LogP contribution in [0.3, 0.4) is 0 Å². The number of thiazole rings is 1. The molecule has 16 heteroatoms. The lowest BCUT2D eigenvalue weighted by Gasteiger charge is -2.49. The first-order valence-corrected chi connectivity index (χ1v) is 15.6. The number of nitrogens with one attached hydrogen (secondary N) is 1. The SMILES string of the molecule is CCC(CC)COC(=O)OC(C)OC(=O)C1=C(/C=C\c2cccnc2)CS[C@@H]2[C@H](NC(=O)C(=NO)c3csc(N)n3)C(=O)N12. The number of hydrogen-bond donors (Lipinski definition) is 3. The molecule has 0 bridgehead atoms. The molecule has 0 spiro atoms. The van der Waals surface area contributed by atoms with Crippen molar-refractivity contribution in [2.45, 2.75) is 51.3 Å². The Bertz CT molecular complexity index is 1470. The molecule has 2 aromatic heterocycles. The van der Waals surface area contributed by atoms with Crippen molar-refractivity contribution in [2.24, 2.45) is 11.1 Å². The van der Waals surface area contributed by atoms with E-state index in [2.05, 4.69) is 20.4 Å². The molecule has 2 aliphatic heterocycles. The van der Waals surface area contributed by atoms with Gasteiger partial charge in [-0.25, -0.2) is 14.6 Å². The van der Waals surface area contributed by atoms with Crippen molar-refractivity contribution in [1.29, 1.82) is 0 Å². The first kappa shape index (κ1) is 32.5. The van der Waals surface area contributed by atoms with Crippen molar-refractivity contribution in [3.8, 4) is 0 Å². The molecule has 2 aliphatic rings. The standard InChI is InChI=1S/C28H32N6O8S2/c1-4-16(5-2)12-40-28(38)42-15(3)41-26(37)22-18(9-8-17-7-6-10-30-11-17)13-43-25-21(24(36)34(22)25)32-23(35)20(33-39)19-14-44-27(29)31-19/h6-11,14-16,21,25,39H,4-5,12-13H2,1-3H3,(H2,29,31)(H,32,35)/b9-8-,33-20?/t15?,21-,25-/m1/s1. The van der Waals surface area contributed by atoms with Gasteiger partial charge >= 0.3 is 12.1 Å². The molecule has 0 saturated carbocycles. The number of allylic oxidation sites excluding steroid dienone is 1. The van der Waals surface area contributed by atoms with E-state index in [0.717, 1.165) is 29.7 Å². The zero-order valence-electron chi connectivity index (χ0n) is 24.2. The minimum Gasteiger partial charge on any atom is -0.434 e. The number of rotatable bonds is 12. The van der Waals surface area contributed by atoms with E-state index in [0.29, 0.717) is 5.57 Å². The van der Waals surface area contributed by atoms with Crippen LogP contribution in [0.4, 0.5) is 9.93 Å². The molecule has 44 heavy (non-hydrogen) atoms. The largest absolute Gasteiger partial charge is 0.511 e. The average Bonchev–Trinajstić information content (AvgIpc) is 3.44. The van der Waals surface area contributed by atoms with E-state index in [4.69, 9.17) is 19.9 Å². The van der Waals surface area contributed by atoms with Crippen molar-refractivity contribution < 1.29 is 38.6 Å². The fourth-order valence-electron chi connectivity index (χ4n) is 4.36. The van der Waals surface area contributed by atoms with Gasteiger partial charge in [-0.15, -0.1) is 23.1 Å². The molecule has 1 saturated heterocycles. The van der Waals surface area contributed by atoms with E-state index in [1.54, 1.807) is 30.6 Å². The van der Waals surface area contributed by atoms with Crippen LogP contribution in [-0.2, 0) is 28.6 Å². The Kier molecular flexibility index (Phi) is 10.9. The zero-order chi connectivity index (χ0) is 31.8. The van der Waals surface area contributed by atoms with Crippen molar-refractivity contribution in [3.63, 3.8) is 0 Å². The molecule has 0 radical (unpaired) electrons. The van der Waals surface area contributed by atoms with Gasteiger partial charge in [0.15, 0.2) is 10.8 Å². The lowest BCUT2D eigenvalue weighted by atomic mass is 10.0. The molecule has 4 rings (SSSR count). The number of thioether (sulfide) groups is 1. The summed E-state index contributed by atoms with van der Waals surface area (Å²) in [5, 5.41) is 15.9. The predicted octanol–water partition coefficient (Wildman–Crippen LogP) is 3.14. The number of β-lactam (4-membered cyclic amide) rings is 1. The summed E-state index contributed by atoms with van der Waals surface area (Å²) in [5.74, 6) is -1.89. The van der Waals surface area contributed by atoms with Gasteiger partial charge in [-0.3, -0.25) is 19.5 Å². The Hall–Kier alpha value is -4.44. The number of nitrogen functional groups attached to an aromatic ring is 1. The lowest BCUT2D eigenvalue weighted by Crippen LogP contribution is -2.71. The molecular formula is C28H32N6O8S2. The molecular weight excluding hydrogens is 612 g/mol. The summed E-state index contributed by atoms with van der Waals surface area (Å²) in [4.78, 5) is 61.1. The fraction of sp³-hybridized carbons (Fsp3) is 0.393. The van der Waals surface area contributed by atoms with Gasteiger partial charge in [-0.2, -0.15) is 0 Å². The first-order chi connectivity index (χ1) is 21.2. The number of ether oxygens (including phenoxy) is 3. The van der Waals surface area contributed by atoms with Gasteiger partial charge in [0.2, 0.25) is 6.29 Å². The number of hydrogen-bond acceptors (Lipinski definition) is 14. The lowest BCUT2D eigenvalue weighted by molar-refractivity contribution is -0.169. The topological polar surface area (TPSA) is 196 Å². The maximum absolute atomic E-state index is 13.5. The van der Waals surface area contributed by atoms with Crippen molar-refractivity contribution in [2.75, 3.05) is 18.1 Å². The number of amides is 2. The van der Waals surface area contributed by atoms with Crippen LogP contribution in [0.1, 0.15) is 44.9 Å². The van der Waals surface area contributed by atoms with E-state index in [1.165, 1.54) is 29.0 Å². The maximum atomic E-state index is 13.5. The van der Waals surface area contributed by atoms with Crippen LogP contribution in [0, 0.1) is 5.92 Å². The quantitative estimate of drug-likeness (QED) is 0.0764. The monoisotopic (exact) mass is 644 g/mol. The van der Waals surface area contributed by atoms with Gasteiger partial charge in [0.1, 0.15) is 22.8 Å². The second-order valence-electron chi connectivity index (χ2n) is 9.71. The number of esters is 1. The molecule has 0 aliphatic carbocycles. The molecule has 0 aromatic carbocycles. The third-order valence-electron chi connectivity index (χ3n) is 6.85. The van der Waals surface area contributed by atoms with Crippen molar-refractivity contribution >= 4 is 64.0 Å². The molecule has 2 aromatic rings. The first-order valence-electron chi connectivity index (χ1n) is 13.7. The Morgan fingerprint density at radius 2 is 2.05 bits per heavy atom. The number of nitrogens with two attached hydrogens (primary N) is 1. The third kappa shape index (κ3) is 7.55. The summed E-state index contributed by atoms with van der Waals surface area (Å²) in [6, 6.07) is 2.54. The number of aromatic nitrogens is 2. The summed E-state index contributed by atoms with van der Waals surface area (Å²) in [6.45, 7) is 5.51. The average molecular weight is 645 g/mol. The highest BCUT2D eigenvalue weighted by atomic mass is 32.2. The van der Waals surface area contributed by atoms with E-state index < -0.39 is 47.4 Å². The van der Waals surface area contributed by atoms with Gasteiger partial charge in [0, 0.05) is 30.5 Å². The normalized spacial score (nSPS) is 19.0.